The summed E-state index contributed by atoms with van der Waals surface area (Å²) in [6, 6.07) is 14.6. The molecule has 0 unspecified atom stereocenters. The van der Waals surface area contributed by atoms with Gasteiger partial charge in [-0.25, -0.2) is 4.98 Å². The molecular formula is C14H15BrN2. The van der Waals surface area contributed by atoms with E-state index in [9.17, 15) is 0 Å². The minimum Gasteiger partial charge on any atom is -0.355 e. The van der Waals surface area contributed by atoms with Gasteiger partial charge in [0.05, 0.1) is 0 Å². The number of alkyl halides is 1. The predicted molar refractivity (Wildman–Crippen MR) is 75.4 cm³/mol. The van der Waals surface area contributed by atoms with Crippen LogP contribution in [0.3, 0.4) is 0 Å². The van der Waals surface area contributed by atoms with Crippen molar-refractivity contribution in [1.29, 1.82) is 0 Å². The largest absolute Gasteiger partial charge is 0.355 e. The minimum absolute atomic E-state index is 0.850. The molecule has 0 aliphatic heterocycles. The molecule has 0 N–H and O–H groups in total. The Kier molecular flexibility index (Phi) is 4.15. The van der Waals surface area contributed by atoms with E-state index in [1.807, 2.05) is 12.3 Å². The Balaban J connectivity index is 2.06. The van der Waals surface area contributed by atoms with Crippen LogP contribution < -0.4 is 4.90 Å². The molecule has 3 heteroatoms. The van der Waals surface area contributed by atoms with Crippen LogP contribution in [0.2, 0.25) is 0 Å². The lowest BCUT2D eigenvalue weighted by Gasteiger charge is -2.18. The molecule has 1 aromatic heterocycles. The lowest BCUT2D eigenvalue weighted by atomic mass is 10.2. The fourth-order valence-electron chi connectivity index (χ4n) is 1.66. The highest BCUT2D eigenvalue weighted by atomic mass is 79.9. The van der Waals surface area contributed by atoms with Gasteiger partial charge in [-0.15, -0.1) is 0 Å². The molecule has 1 aromatic carbocycles. The molecule has 0 aliphatic rings. The normalized spacial score (nSPS) is 10.2. The van der Waals surface area contributed by atoms with Crippen molar-refractivity contribution in [3.63, 3.8) is 0 Å². The second-order valence-electron chi connectivity index (χ2n) is 4.00. The Morgan fingerprint density at radius 2 is 1.82 bits per heavy atom. The van der Waals surface area contributed by atoms with Crippen LogP contribution in [0, 0.1) is 0 Å². The SMILES string of the molecule is CN(Cc1ccccc1)c1ccc(CBr)cn1. The number of rotatable bonds is 4. The van der Waals surface area contributed by atoms with Gasteiger partial charge in [0, 0.05) is 25.1 Å². The van der Waals surface area contributed by atoms with Crippen molar-refractivity contribution < 1.29 is 0 Å². The van der Waals surface area contributed by atoms with Crippen molar-refractivity contribution in [1.82, 2.24) is 4.98 Å². The third-order valence-electron chi connectivity index (χ3n) is 2.62. The monoisotopic (exact) mass is 290 g/mol. The van der Waals surface area contributed by atoms with Crippen LogP contribution in [0.15, 0.2) is 48.7 Å². The molecular weight excluding hydrogens is 276 g/mol. The van der Waals surface area contributed by atoms with E-state index in [4.69, 9.17) is 0 Å². The Morgan fingerprint density at radius 3 is 2.41 bits per heavy atom. The Labute approximate surface area is 110 Å². The van der Waals surface area contributed by atoms with E-state index in [1.54, 1.807) is 0 Å². The topological polar surface area (TPSA) is 16.1 Å². The molecule has 0 spiro atoms. The zero-order valence-electron chi connectivity index (χ0n) is 9.81. The number of hydrogen-bond acceptors (Lipinski definition) is 2. The van der Waals surface area contributed by atoms with Gasteiger partial charge in [0.25, 0.3) is 0 Å². The Hall–Kier alpha value is -1.35. The molecule has 17 heavy (non-hydrogen) atoms. The van der Waals surface area contributed by atoms with Gasteiger partial charge in [0.15, 0.2) is 0 Å². The lowest BCUT2D eigenvalue weighted by Crippen LogP contribution is -2.17. The summed E-state index contributed by atoms with van der Waals surface area (Å²) in [5, 5.41) is 0.850. The van der Waals surface area contributed by atoms with E-state index in [1.165, 1.54) is 11.1 Å². The Morgan fingerprint density at radius 1 is 1.06 bits per heavy atom. The molecule has 88 valence electrons. The molecule has 0 bridgehead atoms. The van der Waals surface area contributed by atoms with E-state index in [0.29, 0.717) is 0 Å². The second-order valence-corrected chi connectivity index (χ2v) is 4.56. The zero-order valence-corrected chi connectivity index (χ0v) is 11.4. The fraction of sp³-hybridized carbons (Fsp3) is 0.214. The van der Waals surface area contributed by atoms with Gasteiger partial charge in [-0.1, -0.05) is 52.3 Å². The summed E-state index contributed by atoms with van der Waals surface area (Å²) in [4.78, 5) is 6.59. The maximum atomic E-state index is 4.44. The molecule has 2 rings (SSSR count). The molecule has 0 atom stereocenters. The van der Waals surface area contributed by atoms with Crippen molar-refractivity contribution in [2.24, 2.45) is 0 Å². The molecule has 0 radical (unpaired) electrons. The molecule has 0 amide bonds. The first-order chi connectivity index (χ1) is 8.29. The van der Waals surface area contributed by atoms with Crippen LogP contribution in [0.5, 0.6) is 0 Å². The summed E-state index contributed by atoms with van der Waals surface area (Å²) in [5.41, 5.74) is 2.49. The van der Waals surface area contributed by atoms with Crippen LogP contribution in [0.1, 0.15) is 11.1 Å². The number of aromatic nitrogens is 1. The summed E-state index contributed by atoms with van der Waals surface area (Å²) in [6.07, 6.45) is 1.91. The van der Waals surface area contributed by atoms with E-state index < -0.39 is 0 Å². The highest BCUT2D eigenvalue weighted by Crippen LogP contribution is 2.14. The number of pyridine rings is 1. The molecule has 0 saturated heterocycles. The molecule has 2 nitrogen and oxygen atoms in total. The van der Waals surface area contributed by atoms with Crippen LogP contribution in [-0.2, 0) is 11.9 Å². The molecule has 0 aliphatic carbocycles. The molecule has 2 aromatic rings. The summed E-state index contributed by atoms with van der Waals surface area (Å²) in [7, 11) is 2.06. The zero-order chi connectivity index (χ0) is 12.1. The van der Waals surface area contributed by atoms with Crippen molar-refractivity contribution >= 4 is 21.7 Å². The predicted octanol–water partition coefficient (Wildman–Crippen LogP) is 3.61. The van der Waals surface area contributed by atoms with Gasteiger partial charge in [-0.05, 0) is 17.2 Å². The maximum Gasteiger partial charge on any atom is 0.128 e. The van der Waals surface area contributed by atoms with Crippen LogP contribution in [-0.4, -0.2) is 12.0 Å². The minimum atomic E-state index is 0.850. The first kappa shape index (κ1) is 12.1. The van der Waals surface area contributed by atoms with E-state index in [2.05, 4.69) is 69.3 Å². The third-order valence-corrected chi connectivity index (χ3v) is 3.26. The van der Waals surface area contributed by atoms with Crippen molar-refractivity contribution in [3.05, 3.63) is 59.8 Å². The van der Waals surface area contributed by atoms with Gasteiger partial charge < -0.3 is 4.90 Å². The van der Waals surface area contributed by atoms with E-state index in [-0.39, 0.29) is 0 Å². The van der Waals surface area contributed by atoms with E-state index in [0.717, 1.165) is 17.7 Å². The smallest absolute Gasteiger partial charge is 0.128 e. The van der Waals surface area contributed by atoms with Crippen molar-refractivity contribution in [2.45, 2.75) is 11.9 Å². The highest BCUT2D eigenvalue weighted by molar-refractivity contribution is 9.08. The first-order valence-electron chi connectivity index (χ1n) is 5.55. The third kappa shape index (κ3) is 3.30. The van der Waals surface area contributed by atoms with Crippen LogP contribution in [0.4, 0.5) is 5.82 Å². The molecule has 0 saturated carbocycles. The second kappa shape index (κ2) is 5.82. The number of benzene rings is 1. The van der Waals surface area contributed by atoms with Crippen LogP contribution in [0.25, 0.3) is 0 Å². The summed E-state index contributed by atoms with van der Waals surface area (Å²) >= 11 is 3.42. The van der Waals surface area contributed by atoms with E-state index >= 15 is 0 Å². The van der Waals surface area contributed by atoms with Crippen LogP contribution >= 0.6 is 15.9 Å². The number of hydrogen-bond donors (Lipinski definition) is 0. The average molecular weight is 291 g/mol. The molecule has 0 fully saturated rings. The average Bonchev–Trinajstić information content (AvgIpc) is 2.40. The summed E-state index contributed by atoms with van der Waals surface area (Å²) in [6.45, 7) is 0.876. The quantitative estimate of drug-likeness (QED) is 0.800. The standard InChI is InChI=1S/C14H15BrN2/c1-17(11-12-5-3-2-4-6-12)14-8-7-13(9-15)10-16-14/h2-8,10H,9,11H2,1H3. The summed E-state index contributed by atoms with van der Waals surface area (Å²) in [5.74, 6) is 0.999. The number of halogens is 1. The maximum absolute atomic E-state index is 4.44. The van der Waals surface area contributed by atoms with Crippen molar-refractivity contribution in [3.8, 4) is 0 Å². The van der Waals surface area contributed by atoms with Gasteiger partial charge >= 0.3 is 0 Å². The fourth-order valence-corrected chi connectivity index (χ4v) is 1.99. The van der Waals surface area contributed by atoms with Gasteiger partial charge in [0.1, 0.15) is 5.82 Å². The Bertz CT molecular complexity index is 453. The number of anilines is 1. The first-order valence-corrected chi connectivity index (χ1v) is 6.67. The van der Waals surface area contributed by atoms with Crippen molar-refractivity contribution in [2.75, 3.05) is 11.9 Å². The summed E-state index contributed by atoms with van der Waals surface area (Å²) < 4.78 is 0. The molecule has 1 heterocycles. The van der Waals surface area contributed by atoms with Gasteiger partial charge in [0.2, 0.25) is 0 Å². The van der Waals surface area contributed by atoms with Gasteiger partial charge in [-0.3, -0.25) is 0 Å². The number of nitrogens with zero attached hydrogens (tertiary/aromatic N) is 2. The highest BCUT2D eigenvalue weighted by Gasteiger charge is 2.02. The van der Waals surface area contributed by atoms with Gasteiger partial charge in [-0.2, -0.15) is 0 Å². The lowest BCUT2D eigenvalue weighted by molar-refractivity contribution is 0.896.